The van der Waals surface area contributed by atoms with Crippen LogP contribution in [0.5, 0.6) is 0 Å². The minimum atomic E-state index is -0.295. The van der Waals surface area contributed by atoms with Gasteiger partial charge in [0, 0.05) is 32.1 Å². The average Bonchev–Trinajstić information content (AvgIpc) is 3.23. The summed E-state index contributed by atoms with van der Waals surface area (Å²) in [5, 5.41) is 8.17. The molecule has 2 aliphatic rings. The Morgan fingerprint density at radius 3 is 2.74 bits per heavy atom. The van der Waals surface area contributed by atoms with E-state index in [-0.39, 0.29) is 23.0 Å². The molecule has 10 heteroatoms. The topological polar surface area (TPSA) is 109 Å². The lowest BCUT2D eigenvalue weighted by molar-refractivity contribution is 0.0407. The molecule has 0 unspecified atom stereocenters. The number of aromatic amines is 1. The van der Waals surface area contributed by atoms with Gasteiger partial charge in [-0.05, 0) is 18.4 Å². The van der Waals surface area contributed by atoms with Crippen LogP contribution >= 0.6 is 0 Å². The zero-order valence-corrected chi connectivity index (χ0v) is 17.2. The molecule has 4 heterocycles. The third-order valence-corrected chi connectivity index (χ3v) is 5.93. The summed E-state index contributed by atoms with van der Waals surface area (Å²) < 4.78 is 7.01. The van der Waals surface area contributed by atoms with Gasteiger partial charge in [-0.2, -0.15) is 0 Å². The number of fused-ring (bicyclic) bond motifs is 1. The number of hydrogen-bond acceptors (Lipinski definition) is 6. The zero-order chi connectivity index (χ0) is 21.2. The standard InChI is InChI=1S/C21H25N7O3/c29-20-17-19(28(25-24-17)13-15-5-2-1-3-6-15)22-18(23-20)16-7-4-8-27(14-16)21(30)26-9-11-31-12-10-26/h1-3,5-6,16H,4,7-14H2,(H,22,23,29)/t16-/m0/s1. The number of H-pyrrole nitrogens is 1. The highest BCUT2D eigenvalue weighted by atomic mass is 16.5. The number of morpholine rings is 1. The monoisotopic (exact) mass is 423 g/mol. The molecule has 10 nitrogen and oxygen atoms in total. The van der Waals surface area contributed by atoms with Gasteiger partial charge in [0.1, 0.15) is 5.82 Å². The molecule has 2 aromatic heterocycles. The van der Waals surface area contributed by atoms with Crippen LogP contribution < -0.4 is 5.56 Å². The van der Waals surface area contributed by atoms with Crippen LogP contribution in [-0.4, -0.2) is 80.2 Å². The number of carbonyl (C=O) groups excluding carboxylic acids is 1. The minimum absolute atomic E-state index is 0.0316. The second-order valence-electron chi connectivity index (χ2n) is 8.02. The minimum Gasteiger partial charge on any atom is -0.378 e. The van der Waals surface area contributed by atoms with E-state index in [0.717, 1.165) is 18.4 Å². The first-order valence-electron chi connectivity index (χ1n) is 10.7. The molecule has 0 spiro atoms. The number of rotatable bonds is 3. The van der Waals surface area contributed by atoms with Crippen LogP contribution in [0, 0.1) is 0 Å². The van der Waals surface area contributed by atoms with E-state index in [9.17, 15) is 9.59 Å². The molecule has 2 saturated heterocycles. The van der Waals surface area contributed by atoms with Crippen molar-refractivity contribution in [2.24, 2.45) is 0 Å². The SMILES string of the molecule is O=C(N1CCOCC1)N1CCC[C@H](c2nc3c(nnn3Cc3ccccc3)c(=O)[nH]2)C1. The van der Waals surface area contributed by atoms with Crippen LogP contribution in [0.15, 0.2) is 35.1 Å². The number of urea groups is 1. The molecular formula is C21H25N7O3. The van der Waals surface area contributed by atoms with Crippen molar-refractivity contribution >= 4 is 17.2 Å². The Hall–Kier alpha value is -3.27. The molecule has 162 valence electrons. The van der Waals surface area contributed by atoms with Crippen LogP contribution in [0.2, 0.25) is 0 Å². The van der Waals surface area contributed by atoms with Gasteiger partial charge in [0.05, 0.1) is 19.8 Å². The number of nitrogens with zero attached hydrogens (tertiary/aromatic N) is 6. The van der Waals surface area contributed by atoms with E-state index < -0.39 is 0 Å². The van der Waals surface area contributed by atoms with Gasteiger partial charge < -0.3 is 19.5 Å². The number of likely N-dealkylation sites (tertiary alicyclic amines) is 1. The second kappa shape index (κ2) is 8.46. The Bertz CT molecular complexity index is 1120. The molecule has 3 aromatic rings. The largest absolute Gasteiger partial charge is 0.378 e. The van der Waals surface area contributed by atoms with Gasteiger partial charge in [0.2, 0.25) is 0 Å². The third-order valence-electron chi connectivity index (χ3n) is 5.93. The highest BCUT2D eigenvalue weighted by Gasteiger charge is 2.30. The summed E-state index contributed by atoms with van der Waals surface area (Å²) in [5.74, 6) is 0.560. The molecule has 1 atom stereocenters. The molecule has 0 saturated carbocycles. The summed E-state index contributed by atoms with van der Waals surface area (Å²) in [5.41, 5.74) is 1.46. The number of amides is 2. The summed E-state index contributed by atoms with van der Waals surface area (Å²) in [7, 11) is 0. The quantitative estimate of drug-likeness (QED) is 0.678. The van der Waals surface area contributed by atoms with Crippen molar-refractivity contribution in [2.75, 3.05) is 39.4 Å². The fourth-order valence-corrected chi connectivity index (χ4v) is 4.27. The van der Waals surface area contributed by atoms with Crippen LogP contribution in [0.3, 0.4) is 0 Å². The first-order chi connectivity index (χ1) is 15.2. The smallest absolute Gasteiger partial charge is 0.320 e. The third kappa shape index (κ3) is 4.02. The molecule has 0 aliphatic carbocycles. The fraction of sp³-hybridized carbons (Fsp3) is 0.476. The number of carbonyl (C=O) groups is 1. The number of hydrogen-bond donors (Lipinski definition) is 1. The maximum atomic E-state index is 12.9. The lowest BCUT2D eigenvalue weighted by Crippen LogP contribution is -2.50. The van der Waals surface area contributed by atoms with Gasteiger partial charge in [0.25, 0.3) is 5.56 Å². The van der Waals surface area contributed by atoms with Crippen molar-refractivity contribution < 1.29 is 9.53 Å². The van der Waals surface area contributed by atoms with Gasteiger partial charge in [-0.1, -0.05) is 35.5 Å². The van der Waals surface area contributed by atoms with Gasteiger partial charge in [-0.3, -0.25) is 4.79 Å². The van der Waals surface area contributed by atoms with Crippen molar-refractivity contribution in [3.05, 3.63) is 52.1 Å². The zero-order valence-electron chi connectivity index (χ0n) is 17.2. The maximum absolute atomic E-state index is 12.9. The molecule has 2 fully saturated rings. The average molecular weight is 423 g/mol. The molecule has 0 bridgehead atoms. The molecule has 0 radical (unpaired) electrons. The number of ether oxygens (including phenoxy) is 1. The van der Waals surface area contributed by atoms with E-state index >= 15 is 0 Å². The first-order valence-corrected chi connectivity index (χ1v) is 10.7. The molecule has 2 aliphatic heterocycles. The number of piperidine rings is 1. The van der Waals surface area contributed by atoms with E-state index in [1.54, 1.807) is 4.68 Å². The fourth-order valence-electron chi connectivity index (χ4n) is 4.27. The van der Waals surface area contributed by atoms with E-state index in [1.165, 1.54) is 0 Å². The van der Waals surface area contributed by atoms with Gasteiger partial charge >= 0.3 is 6.03 Å². The van der Waals surface area contributed by atoms with Crippen molar-refractivity contribution in [2.45, 2.75) is 25.3 Å². The second-order valence-corrected chi connectivity index (χ2v) is 8.02. The highest BCUT2D eigenvalue weighted by Crippen LogP contribution is 2.25. The summed E-state index contributed by atoms with van der Waals surface area (Å²) in [6.07, 6.45) is 1.73. The Kier molecular flexibility index (Phi) is 5.37. The summed E-state index contributed by atoms with van der Waals surface area (Å²) in [4.78, 5) is 36.9. The molecule has 1 N–H and O–H groups in total. The molecular weight excluding hydrogens is 398 g/mol. The highest BCUT2D eigenvalue weighted by molar-refractivity contribution is 5.75. The molecule has 31 heavy (non-hydrogen) atoms. The van der Waals surface area contributed by atoms with Crippen molar-refractivity contribution in [1.29, 1.82) is 0 Å². The predicted octanol–water partition coefficient (Wildman–Crippen LogP) is 1.19. The Morgan fingerprint density at radius 2 is 1.94 bits per heavy atom. The van der Waals surface area contributed by atoms with E-state index in [2.05, 4.69) is 15.3 Å². The summed E-state index contributed by atoms with van der Waals surface area (Å²) in [6.45, 7) is 4.12. The van der Waals surface area contributed by atoms with Crippen LogP contribution in [0.4, 0.5) is 4.79 Å². The van der Waals surface area contributed by atoms with E-state index in [4.69, 9.17) is 9.72 Å². The Labute approximate surface area is 178 Å². The summed E-state index contributed by atoms with van der Waals surface area (Å²) in [6, 6.07) is 9.91. The number of benzene rings is 1. The predicted molar refractivity (Wildman–Crippen MR) is 113 cm³/mol. The molecule has 1 aromatic carbocycles. The molecule has 2 amide bonds. The van der Waals surface area contributed by atoms with Gasteiger partial charge in [0.15, 0.2) is 11.2 Å². The van der Waals surface area contributed by atoms with Crippen LogP contribution in [0.25, 0.3) is 11.2 Å². The van der Waals surface area contributed by atoms with Crippen molar-refractivity contribution in [3.63, 3.8) is 0 Å². The van der Waals surface area contributed by atoms with Crippen molar-refractivity contribution in [3.8, 4) is 0 Å². The lowest BCUT2D eigenvalue weighted by atomic mass is 9.97. The Morgan fingerprint density at radius 1 is 1.13 bits per heavy atom. The van der Waals surface area contributed by atoms with E-state index in [1.807, 2.05) is 40.1 Å². The normalized spacial score (nSPS) is 19.7. The van der Waals surface area contributed by atoms with Crippen LogP contribution in [-0.2, 0) is 11.3 Å². The summed E-state index contributed by atoms with van der Waals surface area (Å²) >= 11 is 0. The van der Waals surface area contributed by atoms with Crippen LogP contribution in [0.1, 0.15) is 30.1 Å². The lowest BCUT2D eigenvalue weighted by Gasteiger charge is -2.37. The van der Waals surface area contributed by atoms with E-state index in [0.29, 0.717) is 57.4 Å². The van der Waals surface area contributed by atoms with Gasteiger partial charge in [-0.25, -0.2) is 14.5 Å². The van der Waals surface area contributed by atoms with Crippen molar-refractivity contribution in [1.82, 2.24) is 34.8 Å². The van der Waals surface area contributed by atoms with Gasteiger partial charge in [-0.15, -0.1) is 5.10 Å². The maximum Gasteiger partial charge on any atom is 0.320 e. The Balaban J connectivity index is 1.39. The number of nitrogens with one attached hydrogen (secondary N) is 1. The molecule has 5 rings (SSSR count). The first kappa shape index (κ1) is 19.7. The number of aromatic nitrogens is 5.